The Labute approximate surface area is 171 Å². The normalized spacial score (nSPS) is 13.3. The summed E-state index contributed by atoms with van der Waals surface area (Å²) in [7, 11) is 0. The van der Waals surface area contributed by atoms with E-state index in [4.69, 9.17) is 4.74 Å². The van der Waals surface area contributed by atoms with Gasteiger partial charge in [-0.25, -0.2) is 0 Å². The molecule has 1 heterocycles. The third kappa shape index (κ3) is 3.92. The van der Waals surface area contributed by atoms with Gasteiger partial charge in [0.25, 0.3) is 11.9 Å². The number of rotatable bonds is 2. The SMILES string of the molecule is CCOC(=NC(=O)c1ccccc1C)N1Cc2ccccc2-c2ccccc2C1. The summed E-state index contributed by atoms with van der Waals surface area (Å²) >= 11 is 0. The van der Waals surface area contributed by atoms with Gasteiger partial charge >= 0.3 is 0 Å². The van der Waals surface area contributed by atoms with Crippen LogP contribution in [0.4, 0.5) is 0 Å². The first kappa shape index (κ1) is 18.9. The van der Waals surface area contributed by atoms with Gasteiger partial charge in [0, 0.05) is 18.7 Å². The fourth-order valence-corrected chi connectivity index (χ4v) is 3.73. The molecule has 1 aliphatic rings. The summed E-state index contributed by atoms with van der Waals surface area (Å²) in [4.78, 5) is 19.3. The van der Waals surface area contributed by atoms with Crippen LogP contribution in [0.2, 0.25) is 0 Å². The number of ether oxygens (including phenoxy) is 1. The van der Waals surface area contributed by atoms with E-state index in [-0.39, 0.29) is 5.91 Å². The molecule has 4 nitrogen and oxygen atoms in total. The lowest BCUT2D eigenvalue weighted by Crippen LogP contribution is -2.32. The van der Waals surface area contributed by atoms with Gasteiger partial charge in [0.15, 0.2) is 0 Å². The zero-order chi connectivity index (χ0) is 20.2. The summed E-state index contributed by atoms with van der Waals surface area (Å²) in [6.07, 6.45) is 0. The van der Waals surface area contributed by atoms with Crippen molar-refractivity contribution in [1.29, 1.82) is 0 Å². The number of hydrogen-bond acceptors (Lipinski definition) is 2. The molecule has 0 bridgehead atoms. The fraction of sp³-hybridized carbons (Fsp3) is 0.200. The van der Waals surface area contributed by atoms with E-state index in [0.717, 1.165) is 5.56 Å². The molecule has 0 saturated carbocycles. The summed E-state index contributed by atoms with van der Waals surface area (Å²) in [6.45, 7) is 5.53. The smallest absolute Gasteiger partial charge is 0.296 e. The molecule has 0 spiro atoms. The Morgan fingerprint density at radius 2 is 1.45 bits per heavy atom. The number of nitrogens with zero attached hydrogens (tertiary/aromatic N) is 2. The second-order valence-corrected chi connectivity index (χ2v) is 7.12. The summed E-state index contributed by atoms with van der Waals surface area (Å²) in [6, 6.07) is 24.6. The van der Waals surface area contributed by atoms with Gasteiger partial charge in [0.1, 0.15) is 0 Å². The van der Waals surface area contributed by atoms with Gasteiger partial charge < -0.3 is 9.64 Å². The minimum Gasteiger partial charge on any atom is -0.465 e. The number of fused-ring (bicyclic) bond motifs is 3. The van der Waals surface area contributed by atoms with Crippen molar-refractivity contribution in [2.24, 2.45) is 4.99 Å². The Kier molecular flexibility index (Phi) is 5.43. The maximum Gasteiger partial charge on any atom is 0.296 e. The van der Waals surface area contributed by atoms with E-state index in [1.54, 1.807) is 6.07 Å². The topological polar surface area (TPSA) is 41.9 Å². The third-order valence-electron chi connectivity index (χ3n) is 5.16. The average molecular weight is 384 g/mol. The summed E-state index contributed by atoms with van der Waals surface area (Å²) in [5.74, 6) is -0.280. The average Bonchev–Trinajstić information content (AvgIpc) is 2.90. The highest BCUT2D eigenvalue weighted by molar-refractivity contribution is 6.02. The number of carbonyl (C=O) groups excluding carboxylic acids is 1. The zero-order valence-electron chi connectivity index (χ0n) is 16.8. The van der Waals surface area contributed by atoms with Crippen molar-refractivity contribution in [3.8, 4) is 11.1 Å². The number of benzene rings is 3. The number of aryl methyl sites for hydroxylation is 1. The number of amidine groups is 1. The summed E-state index contributed by atoms with van der Waals surface area (Å²) in [5.41, 5.74) is 6.31. The Balaban J connectivity index is 1.75. The van der Waals surface area contributed by atoms with Gasteiger partial charge in [-0.15, -0.1) is 0 Å². The molecule has 0 N–H and O–H groups in total. The minimum atomic E-state index is -0.280. The second kappa shape index (κ2) is 8.31. The standard InChI is InChI=1S/C25H24N2O2/c1-3-29-25(26-24(28)21-13-7-4-10-18(21)2)27-16-19-11-5-8-14-22(19)23-15-9-6-12-20(23)17-27/h4-15H,3,16-17H2,1-2H3. The Hall–Kier alpha value is -3.40. The van der Waals surface area contributed by atoms with Crippen LogP contribution in [-0.2, 0) is 17.8 Å². The van der Waals surface area contributed by atoms with Crippen LogP contribution in [0.1, 0.15) is 34.0 Å². The molecule has 0 unspecified atom stereocenters. The van der Waals surface area contributed by atoms with Crippen LogP contribution < -0.4 is 0 Å². The van der Waals surface area contributed by atoms with Gasteiger partial charge in [-0.1, -0.05) is 66.7 Å². The van der Waals surface area contributed by atoms with Crippen molar-refractivity contribution < 1.29 is 9.53 Å². The molecule has 0 atom stereocenters. The number of hydrogen-bond donors (Lipinski definition) is 0. The van der Waals surface area contributed by atoms with Crippen LogP contribution in [0.5, 0.6) is 0 Å². The van der Waals surface area contributed by atoms with Gasteiger partial charge in [0.05, 0.1) is 6.61 Å². The first-order valence-electron chi connectivity index (χ1n) is 9.90. The maximum atomic E-state index is 12.9. The molecule has 0 radical (unpaired) electrons. The molecule has 4 heteroatoms. The maximum absolute atomic E-state index is 12.9. The highest BCUT2D eigenvalue weighted by Gasteiger charge is 2.23. The molecule has 1 amide bonds. The van der Waals surface area contributed by atoms with Crippen molar-refractivity contribution >= 4 is 11.9 Å². The number of amides is 1. The van der Waals surface area contributed by atoms with E-state index in [1.165, 1.54) is 22.3 Å². The second-order valence-electron chi connectivity index (χ2n) is 7.12. The number of carbonyl (C=O) groups is 1. The Bertz CT molecular complexity index is 1020. The lowest BCUT2D eigenvalue weighted by atomic mass is 9.97. The molecule has 0 saturated heterocycles. The third-order valence-corrected chi connectivity index (χ3v) is 5.16. The van der Waals surface area contributed by atoms with E-state index in [2.05, 4.69) is 41.4 Å². The van der Waals surface area contributed by atoms with Gasteiger partial charge in [-0.05, 0) is 47.7 Å². The minimum absolute atomic E-state index is 0.280. The highest BCUT2D eigenvalue weighted by atomic mass is 16.5. The number of aliphatic imine (C=N–C) groups is 1. The van der Waals surface area contributed by atoms with Gasteiger partial charge in [-0.2, -0.15) is 4.99 Å². The van der Waals surface area contributed by atoms with E-state index in [1.807, 2.05) is 49.1 Å². The first-order chi connectivity index (χ1) is 14.2. The predicted molar refractivity (Wildman–Crippen MR) is 116 cm³/mol. The summed E-state index contributed by atoms with van der Waals surface area (Å²) in [5, 5.41) is 0. The van der Waals surface area contributed by atoms with Crippen molar-refractivity contribution in [2.45, 2.75) is 26.9 Å². The molecule has 3 aromatic rings. The monoisotopic (exact) mass is 384 g/mol. The van der Waals surface area contributed by atoms with Crippen LogP contribution >= 0.6 is 0 Å². The first-order valence-corrected chi connectivity index (χ1v) is 9.90. The van der Waals surface area contributed by atoms with Crippen LogP contribution in [0.25, 0.3) is 11.1 Å². The molecule has 1 aliphatic heterocycles. The van der Waals surface area contributed by atoms with Crippen molar-refractivity contribution in [2.75, 3.05) is 6.61 Å². The van der Waals surface area contributed by atoms with Gasteiger partial charge in [-0.3, -0.25) is 4.79 Å². The van der Waals surface area contributed by atoms with E-state index < -0.39 is 0 Å². The van der Waals surface area contributed by atoms with Crippen LogP contribution in [0, 0.1) is 6.92 Å². The van der Waals surface area contributed by atoms with Crippen LogP contribution in [-0.4, -0.2) is 23.4 Å². The molecule has 29 heavy (non-hydrogen) atoms. The summed E-state index contributed by atoms with van der Waals surface area (Å²) < 4.78 is 5.85. The highest BCUT2D eigenvalue weighted by Crippen LogP contribution is 2.32. The Morgan fingerprint density at radius 3 is 2.03 bits per heavy atom. The van der Waals surface area contributed by atoms with Crippen molar-refractivity contribution in [1.82, 2.24) is 4.90 Å². The lowest BCUT2D eigenvalue weighted by molar-refractivity contribution is 0.0992. The van der Waals surface area contributed by atoms with Crippen molar-refractivity contribution in [3.05, 3.63) is 95.1 Å². The molecule has 0 aromatic heterocycles. The van der Waals surface area contributed by atoms with E-state index in [9.17, 15) is 4.79 Å². The van der Waals surface area contributed by atoms with Crippen LogP contribution in [0.15, 0.2) is 77.8 Å². The molecular weight excluding hydrogens is 360 g/mol. The molecule has 146 valence electrons. The molecule has 3 aromatic carbocycles. The fourth-order valence-electron chi connectivity index (χ4n) is 3.73. The lowest BCUT2D eigenvalue weighted by Gasteiger charge is -2.24. The van der Waals surface area contributed by atoms with Crippen LogP contribution in [0.3, 0.4) is 0 Å². The predicted octanol–water partition coefficient (Wildman–Crippen LogP) is 5.21. The zero-order valence-corrected chi connectivity index (χ0v) is 16.8. The van der Waals surface area contributed by atoms with Gasteiger partial charge in [0.2, 0.25) is 0 Å². The Morgan fingerprint density at radius 1 is 0.897 bits per heavy atom. The van der Waals surface area contributed by atoms with Crippen molar-refractivity contribution in [3.63, 3.8) is 0 Å². The molecule has 0 fully saturated rings. The molecular formula is C25H24N2O2. The largest absolute Gasteiger partial charge is 0.465 e. The van der Waals surface area contributed by atoms with E-state index >= 15 is 0 Å². The molecule has 0 aliphatic carbocycles. The molecule has 4 rings (SSSR count). The van der Waals surface area contributed by atoms with E-state index in [0.29, 0.717) is 31.3 Å². The quantitative estimate of drug-likeness (QED) is 0.450.